The number of aliphatic hydroxyl groups is 1. The maximum absolute atomic E-state index is 11.9. The van der Waals surface area contributed by atoms with Crippen molar-refractivity contribution in [3.05, 3.63) is 46.9 Å². The Labute approximate surface area is 143 Å². The first kappa shape index (κ1) is 17.8. The zero-order chi connectivity index (χ0) is 17.7. The van der Waals surface area contributed by atoms with E-state index < -0.39 is 17.9 Å². The Kier molecular flexibility index (Phi) is 5.83. The van der Waals surface area contributed by atoms with Gasteiger partial charge in [-0.3, -0.25) is 9.59 Å². The molecule has 1 aromatic carbocycles. The number of furan rings is 1. The Morgan fingerprint density at radius 3 is 2.67 bits per heavy atom. The van der Waals surface area contributed by atoms with E-state index >= 15 is 0 Å². The number of aryl methyl sites for hydroxylation is 1. The molecule has 1 heterocycles. The van der Waals surface area contributed by atoms with Crippen LogP contribution in [-0.2, 0) is 9.59 Å². The lowest BCUT2D eigenvalue weighted by molar-refractivity contribution is -0.136. The predicted molar refractivity (Wildman–Crippen MR) is 88.0 cm³/mol. The Balaban J connectivity index is 1.93. The van der Waals surface area contributed by atoms with Crippen molar-refractivity contribution in [1.82, 2.24) is 5.32 Å². The van der Waals surface area contributed by atoms with Crippen LogP contribution >= 0.6 is 11.6 Å². The smallest absolute Gasteiger partial charge is 0.313 e. The topological polar surface area (TPSA) is 101 Å². The van der Waals surface area contributed by atoms with E-state index in [1.165, 1.54) is 13.2 Å². The van der Waals surface area contributed by atoms with Crippen LogP contribution < -0.4 is 15.4 Å². The molecule has 128 valence electrons. The van der Waals surface area contributed by atoms with E-state index in [0.717, 1.165) is 0 Å². The second kappa shape index (κ2) is 7.85. The highest BCUT2D eigenvalue weighted by atomic mass is 35.5. The number of anilines is 1. The van der Waals surface area contributed by atoms with Crippen LogP contribution in [0.15, 0.2) is 34.7 Å². The molecule has 0 radical (unpaired) electrons. The van der Waals surface area contributed by atoms with Gasteiger partial charge in [-0.05, 0) is 37.3 Å². The van der Waals surface area contributed by atoms with Crippen molar-refractivity contribution < 1.29 is 23.8 Å². The van der Waals surface area contributed by atoms with Gasteiger partial charge in [0, 0.05) is 5.02 Å². The number of halogens is 1. The Morgan fingerprint density at radius 2 is 2.04 bits per heavy atom. The molecule has 2 aromatic rings. The molecule has 24 heavy (non-hydrogen) atoms. The van der Waals surface area contributed by atoms with E-state index in [9.17, 15) is 14.7 Å². The first-order valence-electron chi connectivity index (χ1n) is 7.08. The number of ether oxygens (including phenoxy) is 1. The highest BCUT2D eigenvalue weighted by molar-refractivity contribution is 6.40. The molecule has 2 amide bonds. The lowest BCUT2D eigenvalue weighted by Gasteiger charge is -2.12. The number of amides is 2. The molecule has 1 aromatic heterocycles. The van der Waals surface area contributed by atoms with Gasteiger partial charge in [0.05, 0.1) is 19.3 Å². The molecule has 3 N–H and O–H groups in total. The van der Waals surface area contributed by atoms with Crippen molar-refractivity contribution in [2.24, 2.45) is 0 Å². The fourth-order valence-electron chi connectivity index (χ4n) is 1.96. The Hall–Kier alpha value is -2.51. The Bertz CT molecular complexity index is 744. The number of methoxy groups -OCH3 is 1. The highest BCUT2D eigenvalue weighted by Gasteiger charge is 2.19. The summed E-state index contributed by atoms with van der Waals surface area (Å²) in [6.45, 7) is 1.58. The van der Waals surface area contributed by atoms with Gasteiger partial charge in [0.15, 0.2) is 0 Å². The van der Waals surface area contributed by atoms with Crippen LogP contribution in [0.2, 0.25) is 5.02 Å². The third-order valence-corrected chi connectivity index (χ3v) is 3.40. The van der Waals surface area contributed by atoms with E-state index in [-0.39, 0.29) is 12.2 Å². The molecule has 2 rings (SSSR count). The largest absolute Gasteiger partial charge is 0.495 e. The molecule has 0 aliphatic rings. The molecular formula is C16H17ClN2O5. The lowest BCUT2D eigenvalue weighted by Crippen LogP contribution is -2.37. The number of aliphatic hydroxyl groups excluding tert-OH is 1. The highest BCUT2D eigenvalue weighted by Crippen LogP contribution is 2.27. The fourth-order valence-corrected chi connectivity index (χ4v) is 2.13. The fraction of sp³-hybridized carbons (Fsp3) is 0.250. The van der Waals surface area contributed by atoms with Crippen molar-refractivity contribution >= 4 is 29.1 Å². The van der Waals surface area contributed by atoms with Crippen molar-refractivity contribution in [2.75, 3.05) is 19.0 Å². The van der Waals surface area contributed by atoms with E-state index in [0.29, 0.717) is 22.3 Å². The van der Waals surface area contributed by atoms with Crippen molar-refractivity contribution in [3.63, 3.8) is 0 Å². The first-order chi connectivity index (χ1) is 11.4. The van der Waals surface area contributed by atoms with Gasteiger partial charge in [-0.25, -0.2) is 0 Å². The van der Waals surface area contributed by atoms with Gasteiger partial charge in [-0.1, -0.05) is 11.6 Å². The van der Waals surface area contributed by atoms with E-state index in [4.69, 9.17) is 20.8 Å². The van der Waals surface area contributed by atoms with Crippen LogP contribution in [-0.4, -0.2) is 30.6 Å². The molecule has 7 nitrogen and oxygen atoms in total. The van der Waals surface area contributed by atoms with Crippen LogP contribution in [0.3, 0.4) is 0 Å². The second-order valence-corrected chi connectivity index (χ2v) is 5.41. The molecule has 0 aliphatic heterocycles. The number of benzene rings is 1. The van der Waals surface area contributed by atoms with E-state index in [1.807, 2.05) is 0 Å². The van der Waals surface area contributed by atoms with Gasteiger partial charge < -0.3 is 24.9 Å². The van der Waals surface area contributed by atoms with Crippen LogP contribution in [0, 0.1) is 6.92 Å². The van der Waals surface area contributed by atoms with Crippen LogP contribution in [0.5, 0.6) is 5.75 Å². The monoisotopic (exact) mass is 352 g/mol. The van der Waals surface area contributed by atoms with E-state index in [2.05, 4.69) is 10.6 Å². The second-order valence-electron chi connectivity index (χ2n) is 4.97. The molecule has 0 saturated heterocycles. The number of rotatable bonds is 5. The van der Waals surface area contributed by atoms with Gasteiger partial charge in [-0.15, -0.1) is 0 Å². The summed E-state index contributed by atoms with van der Waals surface area (Å²) in [6, 6.07) is 7.92. The molecule has 0 aliphatic carbocycles. The van der Waals surface area contributed by atoms with Gasteiger partial charge in [0.1, 0.15) is 23.4 Å². The van der Waals surface area contributed by atoms with E-state index in [1.54, 1.807) is 31.2 Å². The zero-order valence-electron chi connectivity index (χ0n) is 13.1. The number of carbonyl (C=O) groups is 2. The normalized spacial score (nSPS) is 11.7. The maximum atomic E-state index is 11.9. The number of hydrogen-bond donors (Lipinski definition) is 3. The molecule has 0 saturated carbocycles. The third-order valence-electron chi connectivity index (χ3n) is 3.16. The quantitative estimate of drug-likeness (QED) is 0.715. The summed E-state index contributed by atoms with van der Waals surface area (Å²) in [4.78, 5) is 23.8. The summed E-state index contributed by atoms with van der Waals surface area (Å²) in [6.07, 6.45) is -1.05. The predicted octanol–water partition coefficient (Wildman–Crippen LogP) is 2.04. The summed E-state index contributed by atoms with van der Waals surface area (Å²) in [5.74, 6) is -0.490. The van der Waals surface area contributed by atoms with Crippen molar-refractivity contribution in [1.29, 1.82) is 0 Å². The van der Waals surface area contributed by atoms with Crippen LogP contribution in [0.25, 0.3) is 0 Å². The average Bonchev–Trinajstić information content (AvgIpc) is 2.99. The minimum Gasteiger partial charge on any atom is -0.495 e. The lowest BCUT2D eigenvalue weighted by atomic mass is 10.2. The SMILES string of the molecule is COc1ccc(Cl)cc1NC(=O)C(=O)NCC(O)c1ccc(C)o1. The summed E-state index contributed by atoms with van der Waals surface area (Å²) >= 11 is 5.86. The molecular weight excluding hydrogens is 336 g/mol. The van der Waals surface area contributed by atoms with Gasteiger partial charge in [0.2, 0.25) is 0 Å². The number of hydrogen-bond acceptors (Lipinski definition) is 5. The zero-order valence-corrected chi connectivity index (χ0v) is 13.9. The summed E-state index contributed by atoms with van der Waals surface area (Å²) in [5.41, 5.74) is 0.271. The van der Waals surface area contributed by atoms with Gasteiger partial charge in [0.25, 0.3) is 0 Å². The van der Waals surface area contributed by atoms with Crippen LogP contribution in [0.4, 0.5) is 5.69 Å². The standard InChI is InChI=1S/C16H17ClN2O5/c1-9-3-5-14(24-9)12(20)8-18-15(21)16(22)19-11-7-10(17)4-6-13(11)23-2/h3-7,12,20H,8H2,1-2H3,(H,18,21)(H,19,22). The van der Waals surface area contributed by atoms with Crippen molar-refractivity contribution in [3.8, 4) is 5.75 Å². The Morgan fingerprint density at radius 1 is 1.29 bits per heavy atom. The van der Waals surface area contributed by atoms with Gasteiger partial charge >= 0.3 is 11.8 Å². The molecule has 8 heteroatoms. The minimum atomic E-state index is -1.05. The summed E-state index contributed by atoms with van der Waals surface area (Å²) in [5, 5.41) is 15.0. The summed E-state index contributed by atoms with van der Waals surface area (Å²) < 4.78 is 10.3. The minimum absolute atomic E-state index is 0.161. The first-order valence-corrected chi connectivity index (χ1v) is 7.45. The van der Waals surface area contributed by atoms with Gasteiger partial charge in [-0.2, -0.15) is 0 Å². The number of carbonyl (C=O) groups excluding carboxylic acids is 2. The molecule has 1 unspecified atom stereocenters. The van der Waals surface area contributed by atoms with Crippen molar-refractivity contribution in [2.45, 2.75) is 13.0 Å². The van der Waals surface area contributed by atoms with Crippen LogP contribution in [0.1, 0.15) is 17.6 Å². The average molecular weight is 353 g/mol. The summed E-state index contributed by atoms with van der Waals surface area (Å²) in [7, 11) is 1.43. The number of nitrogens with one attached hydrogen (secondary N) is 2. The molecule has 0 bridgehead atoms. The molecule has 1 atom stereocenters. The maximum Gasteiger partial charge on any atom is 0.313 e. The third kappa shape index (κ3) is 4.50. The molecule has 0 spiro atoms. The molecule has 0 fully saturated rings.